The minimum Gasteiger partial charge on any atom is -0.338 e. The lowest BCUT2D eigenvalue weighted by Crippen LogP contribution is -2.52. The van der Waals surface area contributed by atoms with E-state index >= 15 is 0 Å². The summed E-state index contributed by atoms with van der Waals surface area (Å²) in [5, 5.41) is 0.281. The minimum atomic E-state index is -0.993. The van der Waals surface area contributed by atoms with E-state index in [1.807, 2.05) is 24.3 Å². The van der Waals surface area contributed by atoms with Crippen LogP contribution in [0, 0.1) is 5.82 Å². The highest BCUT2D eigenvalue weighted by Gasteiger charge is 2.58. The number of thioether (sulfide) groups is 1. The standard InChI is InChI=1S/C19H16ClFN2O2S/c1-22(11-12-13(20)5-4-6-14(12)21)18(25)19-10-9-17(24)23(19)15-7-2-3-8-16(15)26-19/h2-8H,9-11H2,1H3. The number of hydrogen-bond acceptors (Lipinski definition) is 3. The van der Waals surface area contributed by atoms with E-state index in [4.69, 9.17) is 11.6 Å². The predicted octanol–water partition coefficient (Wildman–Crippen LogP) is 4.07. The molecule has 4 nitrogen and oxygen atoms in total. The maximum absolute atomic E-state index is 14.1. The lowest BCUT2D eigenvalue weighted by Gasteiger charge is -2.33. The molecular weight excluding hydrogens is 375 g/mol. The Morgan fingerprint density at radius 2 is 2.08 bits per heavy atom. The summed E-state index contributed by atoms with van der Waals surface area (Å²) in [6.07, 6.45) is 0.751. The zero-order valence-electron chi connectivity index (χ0n) is 14.0. The SMILES string of the molecule is CN(Cc1c(F)cccc1Cl)C(=O)C12CCC(=O)N1c1ccccc1S2. The average molecular weight is 391 g/mol. The fourth-order valence-electron chi connectivity index (χ4n) is 3.57. The molecule has 1 unspecified atom stereocenters. The summed E-state index contributed by atoms with van der Waals surface area (Å²) < 4.78 is 14.1. The largest absolute Gasteiger partial charge is 0.338 e. The average Bonchev–Trinajstić information content (AvgIpc) is 3.13. The first kappa shape index (κ1) is 17.4. The molecule has 0 radical (unpaired) electrons. The van der Waals surface area contributed by atoms with Crippen molar-refractivity contribution in [2.24, 2.45) is 0 Å². The topological polar surface area (TPSA) is 40.6 Å². The van der Waals surface area contributed by atoms with Crippen molar-refractivity contribution >= 4 is 40.9 Å². The van der Waals surface area contributed by atoms with Gasteiger partial charge in [-0.3, -0.25) is 14.5 Å². The number of carbonyl (C=O) groups excluding carboxylic acids is 2. The number of nitrogens with zero attached hydrogens (tertiary/aromatic N) is 2. The first-order chi connectivity index (χ1) is 12.4. The molecule has 2 aromatic carbocycles. The Bertz CT molecular complexity index is 902. The Kier molecular flexibility index (Phi) is 4.20. The highest BCUT2D eigenvalue weighted by atomic mass is 35.5. The maximum atomic E-state index is 14.1. The quantitative estimate of drug-likeness (QED) is 0.793. The first-order valence-electron chi connectivity index (χ1n) is 8.23. The summed E-state index contributed by atoms with van der Waals surface area (Å²) in [4.78, 5) is 28.8. The fraction of sp³-hybridized carbons (Fsp3) is 0.263. The Hall–Kier alpha value is -2.05. The van der Waals surface area contributed by atoms with Crippen LogP contribution in [-0.2, 0) is 16.1 Å². The van der Waals surface area contributed by atoms with Crippen LogP contribution in [0.3, 0.4) is 0 Å². The van der Waals surface area contributed by atoms with Gasteiger partial charge >= 0.3 is 0 Å². The van der Waals surface area contributed by atoms with E-state index in [-0.39, 0.29) is 28.9 Å². The van der Waals surface area contributed by atoms with Crippen LogP contribution in [0.25, 0.3) is 0 Å². The summed E-state index contributed by atoms with van der Waals surface area (Å²) in [5.74, 6) is -0.728. The van der Waals surface area contributed by atoms with Gasteiger partial charge < -0.3 is 4.90 Å². The molecule has 0 bridgehead atoms. The molecule has 0 aromatic heterocycles. The number of hydrogen-bond donors (Lipinski definition) is 0. The molecule has 2 aliphatic rings. The minimum absolute atomic E-state index is 0.0467. The van der Waals surface area contributed by atoms with Crippen LogP contribution < -0.4 is 4.90 Å². The van der Waals surface area contributed by atoms with Crippen LogP contribution in [0.1, 0.15) is 18.4 Å². The van der Waals surface area contributed by atoms with Gasteiger partial charge in [0, 0.05) is 35.5 Å². The number of halogens is 2. The second kappa shape index (κ2) is 6.28. The van der Waals surface area contributed by atoms with Crippen molar-refractivity contribution in [1.29, 1.82) is 0 Å². The van der Waals surface area contributed by atoms with Crippen LogP contribution in [0.15, 0.2) is 47.4 Å². The van der Waals surface area contributed by atoms with Gasteiger partial charge in [-0.2, -0.15) is 0 Å². The van der Waals surface area contributed by atoms with E-state index in [9.17, 15) is 14.0 Å². The third-order valence-corrected chi connectivity index (χ3v) is 6.63. The van der Waals surface area contributed by atoms with Crippen molar-refractivity contribution in [1.82, 2.24) is 4.90 Å². The monoisotopic (exact) mass is 390 g/mol. The molecule has 2 heterocycles. The number of amides is 2. The molecule has 2 amide bonds. The summed E-state index contributed by atoms with van der Waals surface area (Å²) >= 11 is 7.50. The van der Waals surface area contributed by atoms with E-state index in [1.165, 1.54) is 28.8 Å². The molecule has 2 aliphatic heterocycles. The Balaban J connectivity index is 1.66. The number of likely N-dealkylation sites (N-methyl/N-ethyl adjacent to an activating group) is 1. The van der Waals surface area contributed by atoms with Crippen LogP contribution in [0.2, 0.25) is 5.02 Å². The normalized spacial score (nSPS) is 20.9. The van der Waals surface area contributed by atoms with Crippen LogP contribution in [-0.4, -0.2) is 28.6 Å². The Morgan fingerprint density at radius 3 is 2.85 bits per heavy atom. The third kappa shape index (κ3) is 2.51. The number of para-hydroxylation sites is 1. The predicted molar refractivity (Wildman–Crippen MR) is 99.6 cm³/mol. The molecule has 0 aliphatic carbocycles. The van der Waals surface area contributed by atoms with E-state index in [0.717, 1.165) is 10.6 Å². The van der Waals surface area contributed by atoms with E-state index in [2.05, 4.69) is 0 Å². The van der Waals surface area contributed by atoms with Gasteiger partial charge in [0.1, 0.15) is 5.82 Å². The van der Waals surface area contributed by atoms with E-state index in [1.54, 1.807) is 18.0 Å². The van der Waals surface area contributed by atoms with Crippen LogP contribution in [0.4, 0.5) is 10.1 Å². The number of fused-ring (bicyclic) bond motifs is 3. The molecule has 26 heavy (non-hydrogen) atoms. The second-order valence-corrected chi connectivity index (χ2v) is 8.17. The number of benzene rings is 2. The van der Waals surface area contributed by atoms with Crippen molar-refractivity contribution in [3.8, 4) is 0 Å². The molecule has 2 aromatic rings. The summed E-state index contributed by atoms with van der Waals surface area (Å²) in [6.45, 7) is 0.0467. The van der Waals surface area contributed by atoms with Crippen LogP contribution >= 0.6 is 23.4 Å². The molecule has 0 spiro atoms. The van der Waals surface area contributed by atoms with Gasteiger partial charge in [0.25, 0.3) is 5.91 Å². The van der Waals surface area contributed by atoms with Gasteiger partial charge in [-0.05, 0) is 30.7 Å². The van der Waals surface area contributed by atoms with Crippen molar-refractivity contribution in [2.45, 2.75) is 29.2 Å². The molecule has 7 heteroatoms. The van der Waals surface area contributed by atoms with E-state index in [0.29, 0.717) is 12.8 Å². The molecule has 4 rings (SSSR count). The van der Waals surface area contributed by atoms with Crippen molar-refractivity contribution in [2.75, 3.05) is 11.9 Å². The smallest absolute Gasteiger partial charge is 0.259 e. The number of rotatable bonds is 3. The molecule has 1 fully saturated rings. The fourth-order valence-corrected chi connectivity index (χ4v) is 5.31. The molecule has 134 valence electrons. The highest BCUT2D eigenvalue weighted by Crippen LogP contribution is 2.56. The Labute approximate surface area is 159 Å². The summed E-state index contributed by atoms with van der Waals surface area (Å²) in [6, 6.07) is 12.0. The molecular formula is C19H16ClFN2O2S. The zero-order chi connectivity index (χ0) is 18.5. The van der Waals surface area contributed by atoms with Gasteiger partial charge in [-0.25, -0.2) is 4.39 Å². The van der Waals surface area contributed by atoms with Gasteiger partial charge in [-0.1, -0.05) is 41.6 Å². The maximum Gasteiger partial charge on any atom is 0.259 e. The second-order valence-electron chi connectivity index (χ2n) is 6.44. The molecule has 1 saturated heterocycles. The number of carbonyl (C=O) groups is 2. The Morgan fingerprint density at radius 1 is 1.31 bits per heavy atom. The van der Waals surface area contributed by atoms with Gasteiger partial charge in [0.2, 0.25) is 5.91 Å². The molecule has 1 atom stereocenters. The van der Waals surface area contributed by atoms with Crippen molar-refractivity contribution in [3.05, 3.63) is 58.9 Å². The molecule has 0 N–H and O–H groups in total. The van der Waals surface area contributed by atoms with Crippen molar-refractivity contribution in [3.63, 3.8) is 0 Å². The van der Waals surface area contributed by atoms with Gasteiger partial charge in [0.05, 0.1) is 5.69 Å². The summed E-state index contributed by atoms with van der Waals surface area (Å²) in [5.41, 5.74) is 1.04. The first-order valence-corrected chi connectivity index (χ1v) is 9.43. The lowest BCUT2D eigenvalue weighted by molar-refractivity contribution is -0.133. The lowest BCUT2D eigenvalue weighted by atomic mass is 10.1. The number of anilines is 1. The zero-order valence-corrected chi connectivity index (χ0v) is 15.6. The van der Waals surface area contributed by atoms with Gasteiger partial charge in [0.15, 0.2) is 4.87 Å². The van der Waals surface area contributed by atoms with E-state index < -0.39 is 10.7 Å². The highest BCUT2D eigenvalue weighted by molar-refractivity contribution is 8.02. The summed E-state index contributed by atoms with van der Waals surface area (Å²) in [7, 11) is 1.62. The van der Waals surface area contributed by atoms with Crippen LogP contribution in [0.5, 0.6) is 0 Å². The van der Waals surface area contributed by atoms with Gasteiger partial charge in [-0.15, -0.1) is 0 Å². The molecule has 0 saturated carbocycles. The van der Waals surface area contributed by atoms with Crippen molar-refractivity contribution < 1.29 is 14.0 Å². The third-order valence-electron chi connectivity index (χ3n) is 4.81.